The van der Waals surface area contributed by atoms with E-state index in [9.17, 15) is 22.8 Å². The fourth-order valence-corrected chi connectivity index (χ4v) is 1.86. The molecule has 1 N–H and O–H groups in total. The number of hydrogen-bond acceptors (Lipinski definition) is 3. The van der Waals surface area contributed by atoms with Gasteiger partial charge in [-0.05, 0) is 30.5 Å². The topological polar surface area (TPSA) is 55.4 Å². The number of carbonyl (C=O) groups excluding carboxylic acids is 2. The molecule has 21 heavy (non-hydrogen) atoms. The quantitative estimate of drug-likeness (QED) is 0.870. The predicted molar refractivity (Wildman–Crippen MR) is 68.3 cm³/mol. The Labute approximate surface area is 119 Å². The van der Waals surface area contributed by atoms with Crippen LogP contribution in [-0.2, 0) is 20.5 Å². The van der Waals surface area contributed by atoms with Crippen molar-refractivity contribution in [3.63, 3.8) is 0 Å². The third-order valence-corrected chi connectivity index (χ3v) is 3.23. The molecule has 0 aliphatic heterocycles. The Kier molecular flexibility index (Phi) is 4.20. The van der Waals surface area contributed by atoms with Crippen molar-refractivity contribution in [1.82, 2.24) is 0 Å². The number of alkyl halides is 3. The van der Waals surface area contributed by atoms with Gasteiger partial charge in [0.1, 0.15) is 0 Å². The van der Waals surface area contributed by atoms with Gasteiger partial charge in [-0.3, -0.25) is 9.59 Å². The standard InChI is InChI=1S/C14H14F3NO3/c1-8-5-11(8)13(20)21-7-12(19)18-10-4-2-3-9(6-10)14(15,16)17/h2-4,6,8,11H,5,7H2,1H3,(H,18,19)/t8-,11-/m1/s1. The third-order valence-electron chi connectivity index (χ3n) is 3.23. The summed E-state index contributed by atoms with van der Waals surface area (Å²) >= 11 is 0. The number of esters is 1. The molecule has 0 saturated heterocycles. The number of ether oxygens (including phenoxy) is 1. The molecule has 0 unspecified atom stereocenters. The molecular formula is C14H14F3NO3. The molecule has 1 saturated carbocycles. The maximum absolute atomic E-state index is 12.5. The van der Waals surface area contributed by atoms with Gasteiger partial charge < -0.3 is 10.1 Å². The zero-order chi connectivity index (χ0) is 15.6. The molecule has 1 aliphatic rings. The normalized spacial score (nSPS) is 20.8. The van der Waals surface area contributed by atoms with Crippen molar-refractivity contribution in [3.8, 4) is 0 Å². The van der Waals surface area contributed by atoms with Gasteiger partial charge in [0, 0.05) is 5.69 Å². The van der Waals surface area contributed by atoms with Crippen LogP contribution in [0.4, 0.5) is 18.9 Å². The molecule has 114 valence electrons. The average molecular weight is 301 g/mol. The Morgan fingerprint density at radius 1 is 1.38 bits per heavy atom. The van der Waals surface area contributed by atoms with Crippen molar-refractivity contribution in [2.75, 3.05) is 11.9 Å². The van der Waals surface area contributed by atoms with Gasteiger partial charge in [0.2, 0.25) is 0 Å². The molecule has 1 fully saturated rings. The molecule has 4 nitrogen and oxygen atoms in total. The summed E-state index contributed by atoms with van der Waals surface area (Å²) in [6.45, 7) is 1.40. The fourth-order valence-electron chi connectivity index (χ4n) is 1.86. The summed E-state index contributed by atoms with van der Waals surface area (Å²) in [6.07, 6.45) is -3.73. The fraction of sp³-hybridized carbons (Fsp3) is 0.429. The van der Waals surface area contributed by atoms with E-state index in [1.165, 1.54) is 12.1 Å². The molecule has 2 atom stereocenters. The highest BCUT2D eigenvalue weighted by Gasteiger charge is 2.40. The molecule has 0 heterocycles. The summed E-state index contributed by atoms with van der Waals surface area (Å²) < 4.78 is 42.3. The van der Waals surface area contributed by atoms with Crippen LogP contribution in [0.15, 0.2) is 24.3 Å². The second kappa shape index (κ2) is 5.75. The molecule has 7 heteroatoms. The first-order chi connectivity index (χ1) is 9.77. The third kappa shape index (κ3) is 4.21. The van der Waals surface area contributed by atoms with E-state index in [-0.39, 0.29) is 17.5 Å². The minimum Gasteiger partial charge on any atom is -0.455 e. The lowest BCUT2D eigenvalue weighted by molar-refractivity contribution is -0.148. The van der Waals surface area contributed by atoms with Crippen molar-refractivity contribution < 1.29 is 27.5 Å². The molecule has 1 aliphatic carbocycles. The molecule has 1 aromatic rings. The predicted octanol–water partition coefficient (Wildman–Crippen LogP) is 2.84. The van der Waals surface area contributed by atoms with E-state index in [0.717, 1.165) is 18.6 Å². The van der Waals surface area contributed by atoms with Crippen molar-refractivity contribution in [3.05, 3.63) is 29.8 Å². The zero-order valence-electron chi connectivity index (χ0n) is 11.2. The van der Waals surface area contributed by atoms with Crippen LogP contribution in [-0.4, -0.2) is 18.5 Å². The summed E-state index contributed by atoms with van der Waals surface area (Å²) in [5.41, 5.74) is -0.852. The number of halogens is 3. The van der Waals surface area contributed by atoms with Gasteiger partial charge in [-0.1, -0.05) is 13.0 Å². The summed E-state index contributed by atoms with van der Waals surface area (Å²) in [5, 5.41) is 2.26. The van der Waals surface area contributed by atoms with Crippen molar-refractivity contribution in [2.45, 2.75) is 19.5 Å². The number of nitrogens with one attached hydrogen (secondary N) is 1. The van der Waals surface area contributed by atoms with Crippen LogP contribution in [0.3, 0.4) is 0 Å². The zero-order valence-corrected chi connectivity index (χ0v) is 11.2. The maximum atomic E-state index is 12.5. The molecule has 0 aromatic heterocycles. The van der Waals surface area contributed by atoms with Gasteiger partial charge in [0.15, 0.2) is 6.61 Å². The Morgan fingerprint density at radius 2 is 2.05 bits per heavy atom. The minimum absolute atomic E-state index is 0.00524. The van der Waals surface area contributed by atoms with E-state index in [0.29, 0.717) is 0 Å². The molecule has 1 aromatic carbocycles. The number of carbonyl (C=O) groups is 2. The highest BCUT2D eigenvalue weighted by Crippen LogP contribution is 2.38. The maximum Gasteiger partial charge on any atom is 0.416 e. The highest BCUT2D eigenvalue weighted by atomic mass is 19.4. The summed E-state index contributed by atoms with van der Waals surface area (Å²) in [4.78, 5) is 22.9. The first-order valence-electron chi connectivity index (χ1n) is 6.41. The molecular weight excluding hydrogens is 287 g/mol. The smallest absolute Gasteiger partial charge is 0.416 e. The van der Waals surface area contributed by atoms with Crippen molar-refractivity contribution in [2.24, 2.45) is 11.8 Å². The van der Waals surface area contributed by atoms with E-state index in [1.54, 1.807) is 0 Å². The van der Waals surface area contributed by atoms with Gasteiger partial charge >= 0.3 is 12.1 Å². The summed E-state index contributed by atoms with van der Waals surface area (Å²) in [5.74, 6) is -1.01. The van der Waals surface area contributed by atoms with E-state index in [1.807, 2.05) is 6.92 Å². The van der Waals surface area contributed by atoms with Crippen LogP contribution in [0.5, 0.6) is 0 Å². The summed E-state index contributed by atoms with van der Waals surface area (Å²) in [7, 11) is 0. The lowest BCUT2D eigenvalue weighted by atomic mass is 10.2. The lowest BCUT2D eigenvalue weighted by Gasteiger charge is -2.10. The van der Waals surface area contributed by atoms with Crippen molar-refractivity contribution >= 4 is 17.6 Å². The van der Waals surface area contributed by atoms with Gasteiger partial charge in [-0.15, -0.1) is 0 Å². The molecule has 2 rings (SSSR count). The van der Waals surface area contributed by atoms with Gasteiger partial charge in [0.05, 0.1) is 11.5 Å². The first kappa shape index (κ1) is 15.3. The first-order valence-corrected chi connectivity index (χ1v) is 6.41. The van der Waals surface area contributed by atoms with Crippen molar-refractivity contribution in [1.29, 1.82) is 0 Å². The number of benzene rings is 1. The SMILES string of the molecule is C[C@@H]1C[C@H]1C(=O)OCC(=O)Nc1cccc(C(F)(F)F)c1. The van der Waals surface area contributed by atoms with Crippen LogP contribution in [0.1, 0.15) is 18.9 Å². The van der Waals surface area contributed by atoms with E-state index >= 15 is 0 Å². The Balaban J connectivity index is 1.86. The van der Waals surface area contributed by atoms with Crippen LogP contribution >= 0.6 is 0 Å². The van der Waals surface area contributed by atoms with Gasteiger partial charge in [-0.2, -0.15) is 13.2 Å². The van der Waals surface area contributed by atoms with E-state index in [4.69, 9.17) is 4.74 Å². The number of hydrogen-bond donors (Lipinski definition) is 1. The Bertz CT molecular complexity index is 557. The number of anilines is 1. The van der Waals surface area contributed by atoms with Gasteiger partial charge in [-0.25, -0.2) is 0 Å². The van der Waals surface area contributed by atoms with Gasteiger partial charge in [0.25, 0.3) is 5.91 Å². The minimum atomic E-state index is -4.48. The Morgan fingerprint density at radius 3 is 2.62 bits per heavy atom. The van der Waals surface area contributed by atoms with Crippen LogP contribution in [0.2, 0.25) is 0 Å². The average Bonchev–Trinajstić information content (AvgIpc) is 3.12. The lowest BCUT2D eigenvalue weighted by Crippen LogP contribution is -2.22. The molecule has 0 bridgehead atoms. The monoisotopic (exact) mass is 301 g/mol. The van der Waals surface area contributed by atoms with E-state index < -0.39 is 30.2 Å². The second-order valence-electron chi connectivity index (χ2n) is 5.05. The Hall–Kier alpha value is -2.05. The molecule has 0 spiro atoms. The van der Waals surface area contributed by atoms with E-state index in [2.05, 4.69) is 5.32 Å². The highest BCUT2D eigenvalue weighted by molar-refractivity contribution is 5.93. The van der Waals surface area contributed by atoms with Crippen LogP contribution in [0, 0.1) is 11.8 Å². The number of amides is 1. The van der Waals surface area contributed by atoms with Crippen LogP contribution < -0.4 is 5.32 Å². The second-order valence-corrected chi connectivity index (χ2v) is 5.05. The summed E-state index contributed by atoms with van der Waals surface area (Å²) in [6, 6.07) is 4.25. The largest absolute Gasteiger partial charge is 0.455 e. The molecule has 0 radical (unpaired) electrons. The molecule has 1 amide bonds. The van der Waals surface area contributed by atoms with Crippen LogP contribution in [0.25, 0.3) is 0 Å². The number of rotatable bonds is 4.